The molecule has 1 aromatic carbocycles. The number of nitrogens with one attached hydrogen (secondary N) is 1. The molecule has 2 aromatic rings. The molecular formula is C11H8ClFN2OS. The molecule has 88 valence electrons. The number of amides is 1. The molecule has 1 N–H and O–H groups in total. The van der Waals surface area contributed by atoms with Crippen molar-refractivity contribution in [3.63, 3.8) is 0 Å². The van der Waals surface area contributed by atoms with Gasteiger partial charge < -0.3 is 5.32 Å². The predicted molar refractivity (Wildman–Crippen MR) is 66.2 cm³/mol. The number of nitrogens with zero attached hydrogens (tertiary/aromatic N) is 1. The van der Waals surface area contributed by atoms with Gasteiger partial charge in [0.1, 0.15) is 10.7 Å². The number of benzene rings is 1. The lowest BCUT2D eigenvalue weighted by Gasteiger charge is -2.03. The Kier molecular flexibility index (Phi) is 3.40. The molecule has 1 aromatic heterocycles. The highest BCUT2D eigenvalue weighted by atomic mass is 35.5. The SMILES string of the molecule is Cc1ncc(C(=O)Nc2ccc(F)c(Cl)c2)s1. The van der Waals surface area contributed by atoms with Crippen molar-refractivity contribution in [2.24, 2.45) is 0 Å². The summed E-state index contributed by atoms with van der Waals surface area (Å²) < 4.78 is 12.9. The van der Waals surface area contributed by atoms with Gasteiger partial charge in [0.05, 0.1) is 16.2 Å². The number of hydrogen-bond acceptors (Lipinski definition) is 3. The number of thiazole rings is 1. The van der Waals surface area contributed by atoms with E-state index in [1.165, 1.54) is 35.7 Å². The first-order valence-electron chi connectivity index (χ1n) is 4.75. The molecule has 0 bridgehead atoms. The average molecular weight is 271 g/mol. The van der Waals surface area contributed by atoms with Crippen LogP contribution in [0.4, 0.5) is 10.1 Å². The highest BCUT2D eigenvalue weighted by molar-refractivity contribution is 7.13. The summed E-state index contributed by atoms with van der Waals surface area (Å²) in [7, 11) is 0. The Morgan fingerprint density at radius 3 is 2.88 bits per heavy atom. The highest BCUT2D eigenvalue weighted by Gasteiger charge is 2.10. The van der Waals surface area contributed by atoms with Gasteiger partial charge in [-0.2, -0.15) is 0 Å². The minimum absolute atomic E-state index is 0.0247. The molecule has 2 rings (SSSR count). The second-order valence-electron chi connectivity index (χ2n) is 3.33. The average Bonchev–Trinajstić information content (AvgIpc) is 2.70. The maximum absolute atomic E-state index is 12.9. The summed E-state index contributed by atoms with van der Waals surface area (Å²) in [6, 6.07) is 4.02. The van der Waals surface area contributed by atoms with E-state index in [-0.39, 0.29) is 10.9 Å². The van der Waals surface area contributed by atoms with E-state index < -0.39 is 5.82 Å². The van der Waals surface area contributed by atoms with Crippen LogP contribution in [0.2, 0.25) is 5.02 Å². The third kappa shape index (κ3) is 2.81. The first-order chi connectivity index (χ1) is 8.06. The topological polar surface area (TPSA) is 42.0 Å². The molecule has 3 nitrogen and oxygen atoms in total. The molecule has 0 saturated heterocycles. The van der Waals surface area contributed by atoms with Gasteiger partial charge in [0.15, 0.2) is 0 Å². The third-order valence-corrected chi connectivity index (χ3v) is 3.22. The molecule has 1 amide bonds. The molecule has 6 heteroatoms. The third-order valence-electron chi connectivity index (χ3n) is 2.02. The van der Waals surface area contributed by atoms with Crippen molar-refractivity contribution < 1.29 is 9.18 Å². The molecule has 0 fully saturated rings. The van der Waals surface area contributed by atoms with Crippen molar-refractivity contribution in [2.45, 2.75) is 6.92 Å². The van der Waals surface area contributed by atoms with Crippen LogP contribution in [0.5, 0.6) is 0 Å². The number of aromatic nitrogens is 1. The summed E-state index contributed by atoms with van der Waals surface area (Å²) in [5.41, 5.74) is 0.451. The Balaban J connectivity index is 2.15. The monoisotopic (exact) mass is 270 g/mol. The lowest BCUT2D eigenvalue weighted by atomic mass is 10.3. The highest BCUT2D eigenvalue weighted by Crippen LogP contribution is 2.20. The quantitative estimate of drug-likeness (QED) is 0.907. The van der Waals surface area contributed by atoms with Crippen LogP contribution >= 0.6 is 22.9 Å². The van der Waals surface area contributed by atoms with Crippen molar-refractivity contribution in [1.82, 2.24) is 4.98 Å². The standard InChI is InChI=1S/C11H8ClFN2OS/c1-6-14-5-10(17-6)11(16)15-7-2-3-9(13)8(12)4-7/h2-5H,1H3,(H,15,16). The van der Waals surface area contributed by atoms with E-state index >= 15 is 0 Å². The fraction of sp³-hybridized carbons (Fsp3) is 0.0909. The molecule has 0 atom stereocenters. The number of rotatable bonds is 2. The lowest BCUT2D eigenvalue weighted by molar-refractivity contribution is 0.103. The van der Waals surface area contributed by atoms with E-state index in [4.69, 9.17) is 11.6 Å². The minimum Gasteiger partial charge on any atom is -0.321 e. The number of aryl methyl sites for hydroxylation is 1. The van der Waals surface area contributed by atoms with Crippen LogP contribution in [0.25, 0.3) is 0 Å². The Hall–Kier alpha value is -1.46. The fourth-order valence-corrected chi connectivity index (χ4v) is 2.09. The van der Waals surface area contributed by atoms with E-state index in [9.17, 15) is 9.18 Å². The molecule has 1 heterocycles. The summed E-state index contributed by atoms with van der Waals surface area (Å²) in [6.07, 6.45) is 1.50. The second-order valence-corrected chi connectivity index (χ2v) is 4.97. The Bertz CT molecular complexity index is 570. The van der Waals surface area contributed by atoms with Crippen LogP contribution in [0, 0.1) is 12.7 Å². The normalized spacial score (nSPS) is 10.3. The van der Waals surface area contributed by atoms with E-state index in [1.54, 1.807) is 0 Å². The predicted octanol–water partition coefficient (Wildman–Crippen LogP) is 3.50. The fourth-order valence-electron chi connectivity index (χ4n) is 1.23. The molecule has 0 spiro atoms. The van der Waals surface area contributed by atoms with E-state index in [2.05, 4.69) is 10.3 Å². The molecule has 0 aliphatic rings. The maximum Gasteiger partial charge on any atom is 0.267 e. The van der Waals surface area contributed by atoms with Gasteiger partial charge in [0, 0.05) is 5.69 Å². The largest absolute Gasteiger partial charge is 0.321 e. The molecular weight excluding hydrogens is 263 g/mol. The van der Waals surface area contributed by atoms with Gasteiger partial charge in [0.25, 0.3) is 5.91 Å². The van der Waals surface area contributed by atoms with Crippen molar-refractivity contribution in [1.29, 1.82) is 0 Å². The van der Waals surface area contributed by atoms with Crippen molar-refractivity contribution >= 4 is 34.5 Å². The van der Waals surface area contributed by atoms with E-state index in [1.807, 2.05) is 6.92 Å². The second kappa shape index (κ2) is 4.81. The molecule has 0 saturated carbocycles. The van der Waals surface area contributed by atoms with Gasteiger partial charge in [-0.1, -0.05) is 11.6 Å². The summed E-state index contributed by atoms with van der Waals surface area (Å²) in [6.45, 7) is 1.82. The smallest absolute Gasteiger partial charge is 0.267 e. The van der Waals surface area contributed by atoms with Crippen molar-refractivity contribution in [2.75, 3.05) is 5.32 Å². The Morgan fingerprint density at radius 2 is 2.29 bits per heavy atom. The summed E-state index contributed by atoms with van der Waals surface area (Å²) in [5.74, 6) is -0.795. The minimum atomic E-state index is -0.515. The molecule has 0 unspecified atom stereocenters. The Morgan fingerprint density at radius 1 is 1.53 bits per heavy atom. The van der Waals surface area contributed by atoms with Gasteiger partial charge in [-0.15, -0.1) is 11.3 Å². The lowest BCUT2D eigenvalue weighted by Crippen LogP contribution is -2.10. The van der Waals surface area contributed by atoms with Crippen LogP contribution in [-0.4, -0.2) is 10.9 Å². The number of hydrogen-bond donors (Lipinski definition) is 1. The van der Waals surface area contributed by atoms with Crippen LogP contribution in [0.1, 0.15) is 14.7 Å². The van der Waals surface area contributed by atoms with Gasteiger partial charge in [0.2, 0.25) is 0 Å². The van der Waals surface area contributed by atoms with Gasteiger partial charge in [-0.05, 0) is 25.1 Å². The first kappa shape index (κ1) is 12.0. The van der Waals surface area contributed by atoms with Gasteiger partial charge in [-0.25, -0.2) is 9.37 Å². The van der Waals surface area contributed by atoms with E-state index in [0.29, 0.717) is 10.6 Å². The summed E-state index contributed by atoms with van der Waals surface area (Å²) in [4.78, 5) is 16.2. The molecule has 17 heavy (non-hydrogen) atoms. The van der Waals surface area contributed by atoms with Crippen LogP contribution in [0.15, 0.2) is 24.4 Å². The number of carbonyl (C=O) groups is 1. The summed E-state index contributed by atoms with van der Waals surface area (Å²) >= 11 is 6.90. The zero-order chi connectivity index (χ0) is 12.4. The number of anilines is 1. The number of halogens is 2. The van der Waals surface area contributed by atoms with Gasteiger partial charge >= 0.3 is 0 Å². The van der Waals surface area contributed by atoms with E-state index in [0.717, 1.165) is 5.01 Å². The summed E-state index contributed by atoms with van der Waals surface area (Å²) in [5, 5.41) is 3.41. The molecule has 0 aliphatic carbocycles. The van der Waals surface area contributed by atoms with Crippen molar-refractivity contribution in [3.8, 4) is 0 Å². The maximum atomic E-state index is 12.9. The van der Waals surface area contributed by atoms with Crippen LogP contribution in [0.3, 0.4) is 0 Å². The van der Waals surface area contributed by atoms with Gasteiger partial charge in [-0.3, -0.25) is 4.79 Å². The first-order valence-corrected chi connectivity index (χ1v) is 5.94. The zero-order valence-corrected chi connectivity index (χ0v) is 10.4. The molecule has 0 radical (unpaired) electrons. The Labute approximate surface area is 106 Å². The molecule has 0 aliphatic heterocycles. The number of carbonyl (C=O) groups excluding carboxylic acids is 1. The van der Waals surface area contributed by atoms with Crippen LogP contribution in [-0.2, 0) is 0 Å². The van der Waals surface area contributed by atoms with Crippen molar-refractivity contribution in [3.05, 3.63) is 45.1 Å². The zero-order valence-electron chi connectivity index (χ0n) is 8.83. The van der Waals surface area contributed by atoms with Crippen LogP contribution < -0.4 is 5.32 Å².